The molecule has 3 rings (SSSR count). The van der Waals surface area contributed by atoms with E-state index < -0.39 is 0 Å². The molecule has 4 heteroatoms. The Morgan fingerprint density at radius 1 is 1.39 bits per heavy atom. The highest BCUT2D eigenvalue weighted by atomic mass is 16.1. The van der Waals surface area contributed by atoms with Crippen molar-refractivity contribution in [1.29, 1.82) is 0 Å². The van der Waals surface area contributed by atoms with Gasteiger partial charge in [0.05, 0.1) is 12.4 Å². The van der Waals surface area contributed by atoms with Gasteiger partial charge < -0.3 is 9.88 Å². The van der Waals surface area contributed by atoms with Gasteiger partial charge in [-0.3, -0.25) is 4.79 Å². The van der Waals surface area contributed by atoms with Gasteiger partial charge in [-0.25, -0.2) is 4.98 Å². The minimum Gasteiger partial charge on any atom is -0.330 e. The van der Waals surface area contributed by atoms with Gasteiger partial charge >= 0.3 is 0 Å². The maximum atomic E-state index is 11.3. The molecular formula is C14H15N3O. The van der Waals surface area contributed by atoms with Gasteiger partial charge in [0.1, 0.15) is 0 Å². The third-order valence-corrected chi connectivity index (χ3v) is 3.48. The van der Waals surface area contributed by atoms with E-state index in [0.29, 0.717) is 6.42 Å². The second-order valence-electron chi connectivity index (χ2n) is 4.65. The summed E-state index contributed by atoms with van der Waals surface area (Å²) in [5.41, 5.74) is 3.41. The van der Waals surface area contributed by atoms with Crippen LogP contribution in [-0.4, -0.2) is 15.5 Å². The van der Waals surface area contributed by atoms with Gasteiger partial charge in [0.2, 0.25) is 5.91 Å². The fourth-order valence-corrected chi connectivity index (χ4v) is 2.33. The summed E-state index contributed by atoms with van der Waals surface area (Å²) in [6, 6.07) is 6.50. The number of hydrogen-bond acceptors (Lipinski definition) is 2. The first-order valence-corrected chi connectivity index (χ1v) is 6.14. The lowest BCUT2D eigenvalue weighted by atomic mass is 9.98. The molecule has 4 nitrogen and oxygen atoms in total. The lowest BCUT2D eigenvalue weighted by Gasteiger charge is -2.20. The van der Waals surface area contributed by atoms with Crippen molar-refractivity contribution in [2.45, 2.75) is 25.8 Å². The van der Waals surface area contributed by atoms with Crippen molar-refractivity contribution >= 4 is 11.6 Å². The second kappa shape index (κ2) is 4.29. The number of anilines is 1. The average molecular weight is 241 g/mol. The summed E-state index contributed by atoms with van der Waals surface area (Å²) in [5, 5.41) is 2.90. The molecule has 0 aliphatic carbocycles. The first-order chi connectivity index (χ1) is 8.74. The quantitative estimate of drug-likeness (QED) is 0.877. The minimum atomic E-state index is 0.109. The molecule has 1 N–H and O–H groups in total. The third-order valence-electron chi connectivity index (χ3n) is 3.48. The summed E-state index contributed by atoms with van der Waals surface area (Å²) in [5.74, 6) is 0.109. The zero-order valence-electron chi connectivity index (χ0n) is 10.3. The summed E-state index contributed by atoms with van der Waals surface area (Å²) < 4.78 is 2.07. The summed E-state index contributed by atoms with van der Waals surface area (Å²) in [6.45, 7) is 2.14. The molecule has 1 unspecified atom stereocenters. The molecule has 1 aliphatic heterocycles. The fourth-order valence-electron chi connectivity index (χ4n) is 2.33. The minimum absolute atomic E-state index is 0.109. The van der Waals surface area contributed by atoms with Crippen LogP contribution in [0.4, 0.5) is 5.69 Å². The van der Waals surface area contributed by atoms with Gasteiger partial charge in [0.25, 0.3) is 0 Å². The number of rotatable bonds is 2. The number of carbonyl (C=O) groups is 1. The summed E-state index contributed by atoms with van der Waals surface area (Å²) >= 11 is 0. The normalized spacial score (nSPS) is 15.9. The van der Waals surface area contributed by atoms with E-state index in [2.05, 4.69) is 33.9 Å². The van der Waals surface area contributed by atoms with Gasteiger partial charge in [-0.05, 0) is 30.5 Å². The van der Waals surface area contributed by atoms with Crippen molar-refractivity contribution < 1.29 is 4.79 Å². The molecule has 1 aromatic heterocycles. The maximum Gasteiger partial charge on any atom is 0.224 e. The Kier molecular flexibility index (Phi) is 2.63. The molecule has 1 atom stereocenters. The predicted octanol–water partition coefficient (Wildman–Crippen LogP) is 2.38. The van der Waals surface area contributed by atoms with Crippen LogP contribution in [0, 0.1) is 0 Å². The van der Waals surface area contributed by atoms with Crippen molar-refractivity contribution in [3.8, 4) is 0 Å². The van der Waals surface area contributed by atoms with E-state index in [1.54, 1.807) is 6.20 Å². The lowest BCUT2D eigenvalue weighted by Crippen LogP contribution is -2.19. The first kappa shape index (κ1) is 11.0. The molecular weight excluding hydrogens is 226 g/mol. The molecule has 0 radical (unpaired) electrons. The van der Waals surface area contributed by atoms with Gasteiger partial charge in [-0.1, -0.05) is 12.1 Å². The average Bonchev–Trinajstić information content (AvgIpc) is 2.91. The van der Waals surface area contributed by atoms with Crippen LogP contribution in [0.5, 0.6) is 0 Å². The highest BCUT2D eigenvalue weighted by molar-refractivity contribution is 5.93. The van der Waals surface area contributed by atoms with Crippen molar-refractivity contribution in [1.82, 2.24) is 9.55 Å². The first-order valence-electron chi connectivity index (χ1n) is 6.14. The smallest absolute Gasteiger partial charge is 0.224 e. The molecule has 0 saturated heterocycles. The second-order valence-corrected chi connectivity index (χ2v) is 4.65. The zero-order valence-corrected chi connectivity index (χ0v) is 10.3. The standard InChI is InChI=1S/C14H15N3O/c1-10(17-7-6-15-9-17)11-2-4-13-12(8-11)3-5-14(18)16-13/h2,4,6-10H,3,5H2,1H3,(H,16,18). The van der Waals surface area contributed by atoms with E-state index in [9.17, 15) is 4.79 Å². The largest absolute Gasteiger partial charge is 0.330 e. The van der Waals surface area contributed by atoms with Crippen LogP contribution in [0.25, 0.3) is 0 Å². The van der Waals surface area contributed by atoms with E-state index in [1.165, 1.54) is 11.1 Å². The van der Waals surface area contributed by atoms with Crippen LogP contribution >= 0.6 is 0 Å². The Labute approximate surface area is 106 Å². The highest BCUT2D eigenvalue weighted by Gasteiger charge is 2.16. The number of aromatic nitrogens is 2. The van der Waals surface area contributed by atoms with Crippen LogP contribution < -0.4 is 5.32 Å². The molecule has 92 valence electrons. The number of amides is 1. The van der Waals surface area contributed by atoms with E-state index in [4.69, 9.17) is 0 Å². The molecule has 1 amide bonds. The van der Waals surface area contributed by atoms with E-state index in [0.717, 1.165) is 12.1 Å². The van der Waals surface area contributed by atoms with Crippen LogP contribution in [0.3, 0.4) is 0 Å². The van der Waals surface area contributed by atoms with Crippen molar-refractivity contribution in [2.75, 3.05) is 5.32 Å². The monoisotopic (exact) mass is 241 g/mol. The Morgan fingerprint density at radius 2 is 2.28 bits per heavy atom. The molecule has 1 aliphatic rings. The number of aryl methyl sites for hydroxylation is 1. The topological polar surface area (TPSA) is 46.9 Å². The Balaban J connectivity index is 1.93. The van der Waals surface area contributed by atoms with Gasteiger partial charge in [-0.15, -0.1) is 0 Å². The number of nitrogens with zero attached hydrogens (tertiary/aromatic N) is 2. The fraction of sp³-hybridized carbons (Fsp3) is 0.286. The zero-order chi connectivity index (χ0) is 12.5. The Bertz CT molecular complexity index is 575. The summed E-state index contributed by atoms with van der Waals surface area (Å²) in [4.78, 5) is 15.4. The molecule has 0 spiro atoms. The molecule has 0 fully saturated rings. The number of carbonyl (C=O) groups excluding carboxylic acids is 1. The summed E-state index contributed by atoms with van der Waals surface area (Å²) in [7, 11) is 0. The molecule has 1 aromatic carbocycles. The van der Waals surface area contributed by atoms with Crippen LogP contribution in [0.15, 0.2) is 36.9 Å². The SMILES string of the molecule is CC(c1ccc2c(c1)CCC(=O)N2)n1ccnc1. The van der Waals surface area contributed by atoms with Gasteiger partial charge in [0, 0.05) is 24.5 Å². The molecule has 18 heavy (non-hydrogen) atoms. The highest BCUT2D eigenvalue weighted by Crippen LogP contribution is 2.27. The van der Waals surface area contributed by atoms with E-state index in [1.807, 2.05) is 18.6 Å². The number of nitrogens with one attached hydrogen (secondary N) is 1. The van der Waals surface area contributed by atoms with Gasteiger partial charge in [-0.2, -0.15) is 0 Å². The number of benzene rings is 1. The predicted molar refractivity (Wildman–Crippen MR) is 69.4 cm³/mol. The van der Waals surface area contributed by atoms with Crippen LogP contribution in [0.1, 0.15) is 30.5 Å². The molecule has 2 aromatic rings. The van der Waals surface area contributed by atoms with Gasteiger partial charge in [0.15, 0.2) is 0 Å². The lowest BCUT2D eigenvalue weighted by molar-refractivity contribution is -0.116. The molecule has 0 saturated carbocycles. The number of imidazole rings is 1. The third kappa shape index (κ3) is 1.90. The summed E-state index contributed by atoms with van der Waals surface area (Å²) in [6.07, 6.45) is 6.98. The Hall–Kier alpha value is -2.10. The van der Waals surface area contributed by atoms with Crippen LogP contribution in [-0.2, 0) is 11.2 Å². The maximum absolute atomic E-state index is 11.3. The molecule has 2 heterocycles. The van der Waals surface area contributed by atoms with E-state index in [-0.39, 0.29) is 11.9 Å². The number of fused-ring (bicyclic) bond motifs is 1. The Morgan fingerprint density at radius 3 is 3.06 bits per heavy atom. The molecule has 0 bridgehead atoms. The van der Waals surface area contributed by atoms with Crippen molar-refractivity contribution in [3.05, 3.63) is 48.0 Å². The number of hydrogen-bond donors (Lipinski definition) is 1. The van der Waals surface area contributed by atoms with Crippen molar-refractivity contribution in [2.24, 2.45) is 0 Å². The van der Waals surface area contributed by atoms with E-state index >= 15 is 0 Å². The van der Waals surface area contributed by atoms with Crippen molar-refractivity contribution in [3.63, 3.8) is 0 Å². The van der Waals surface area contributed by atoms with Crippen LogP contribution in [0.2, 0.25) is 0 Å².